The zero-order valence-corrected chi connectivity index (χ0v) is 9.06. The van der Waals surface area contributed by atoms with Gasteiger partial charge in [-0.05, 0) is 25.0 Å². The summed E-state index contributed by atoms with van der Waals surface area (Å²) in [5, 5.41) is 11.6. The average Bonchev–Trinajstić information content (AvgIpc) is 2.79. The standard InChI is InChI=1S/C13H11NO3/c14-13(3-4-13)9-7-1-5-17-12(7)10(15)8-2-6-16-11(8)9/h1-2,5-6,15H,3-4,14H2. The second-order valence-corrected chi connectivity index (χ2v) is 4.71. The third-order valence-corrected chi connectivity index (χ3v) is 3.58. The number of rotatable bonds is 1. The van der Waals surface area contributed by atoms with Crippen molar-refractivity contribution in [2.45, 2.75) is 18.4 Å². The molecule has 2 heterocycles. The van der Waals surface area contributed by atoms with Gasteiger partial charge in [-0.25, -0.2) is 0 Å². The Kier molecular flexibility index (Phi) is 1.42. The Hall–Kier alpha value is -1.94. The lowest BCUT2D eigenvalue weighted by Gasteiger charge is -2.11. The highest BCUT2D eigenvalue weighted by Crippen LogP contribution is 2.51. The topological polar surface area (TPSA) is 72.5 Å². The van der Waals surface area contributed by atoms with Gasteiger partial charge in [-0.15, -0.1) is 0 Å². The number of hydrogen-bond acceptors (Lipinski definition) is 4. The van der Waals surface area contributed by atoms with E-state index in [1.165, 1.54) is 0 Å². The Morgan fingerprint density at radius 1 is 1.06 bits per heavy atom. The summed E-state index contributed by atoms with van der Waals surface area (Å²) < 4.78 is 10.8. The highest BCUT2D eigenvalue weighted by Gasteiger charge is 2.44. The molecule has 0 aliphatic heterocycles. The Bertz CT molecular complexity index is 682. The maximum absolute atomic E-state index is 10.1. The minimum absolute atomic E-state index is 0.127. The molecule has 3 aromatic rings. The van der Waals surface area contributed by atoms with Crippen LogP contribution in [0.4, 0.5) is 0 Å². The number of aromatic hydroxyl groups is 1. The van der Waals surface area contributed by atoms with E-state index in [-0.39, 0.29) is 11.3 Å². The van der Waals surface area contributed by atoms with Crippen molar-refractivity contribution < 1.29 is 13.9 Å². The van der Waals surface area contributed by atoms with Gasteiger partial charge in [0.25, 0.3) is 0 Å². The number of benzene rings is 1. The highest BCUT2D eigenvalue weighted by molar-refractivity contribution is 6.04. The number of furan rings is 2. The monoisotopic (exact) mass is 229 g/mol. The van der Waals surface area contributed by atoms with Gasteiger partial charge in [0.2, 0.25) is 0 Å². The fourth-order valence-electron chi connectivity index (χ4n) is 2.50. The molecule has 0 radical (unpaired) electrons. The van der Waals surface area contributed by atoms with Crippen LogP contribution in [0.3, 0.4) is 0 Å². The van der Waals surface area contributed by atoms with Crippen molar-refractivity contribution in [3.8, 4) is 5.75 Å². The number of nitrogens with two attached hydrogens (primary N) is 1. The molecule has 0 spiro atoms. The van der Waals surface area contributed by atoms with Gasteiger partial charge in [0.1, 0.15) is 5.58 Å². The zero-order chi connectivity index (χ0) is 11.6. The summed E-state index contributed by atoms with van der Waals surface area (Å²) in [4.78, 5) is 0. The number of phenolic OH excluding ortho intramolecular Hbond substituents is 1. The van der Waals surface area contributed by atoms with Crippen LogP contribution in [0.5, 0.6) is 5.75 Å². The van der Waals surface area contributed by atoms with Gasteiger partial charge in [0.05, 0.1) is 17.9 Å². The normalized spacial score (nSPS) is 17.9. The third kappa shape index (κ3) is 1.01. The maximum atomic E-state index is 10.1. The molecule has 0 amide bonds. The SMILES string of the molecule is NC1(c2c3ccoc3c(O)c3ccoc23)CC1. The molecule has 0 unspecified atom stereocenters. The fraction of sp³-hybridized carbons (Fsp3) is 0.231. The average molecular weight is 229 g/mol. The predicted octanol–water partition coefficient (Wildman–Crippen LogP) is 2.83. The Morgan fingerprint density at radius 2 is 1.71 bits per heavy atom. The first-order chi connectivity index (χ1) is 8.21. The summed E-state index contributed by atoms with van der Waals surface area (Å²) in [6.45, 7) is 0. The lowest BCUT2D eigenvalue weighted by molar-refractivity contribution is 0.470. The highest BCUT2D eigenvalue weighted by atomic mass is 16.4. The molecule has 17 heavy (non-hydrogen) atoms. The van der Waals surface area contributed by atoms with Crippen molar-refractivity contribution >= 4 is 21.9 Å². The van der Waals surface area contributed by atoms with Gasteiger partial charge < -0.3 is 19.7 Å². The fourth-order valence-corrected chi connectivity index (χ4v) is 2.50. The van der Waals surface area contributed by atoms with Crippen LogP contribution >= 0.6 is 0 Å². The molecule has 4 nitrogen and oxygen atoms in total. The van der Waals surface area contributed by atoms with Crippen molar-refractivity contribution in [1.82, 2.24) is 0 Å². The molecule has 1 aromatic carbocycles. The molecule has 4 heteroatoms. The van der Waals surface area contributed by atoms with Crippen molar-refractivity contribution in [2.24, 2.45) is 5.73 Å². The van der Waals surface area contributed by atoms with Crippen LogP contribution < -0.4 is 5.73 Å². The van der Waals surface area contributed by atoms with Crippen LogP contribution in [0, 0.1) is 0 Å². The van der Waals surface area contributed by atoms with E-state index in [4.69, 9.17) is 14.6 Å². The largest absolute Gasteiger partial charge is 0.504 e. The van der Waals surface area contributed by atoms with E-state index in [0.717, 1.165) is 23.8 Å². The van der Waals surface area contributed by atoms with E-state index >= 15 is 0 Å². The van der Waals surface area contributed by atoms with Crippen LogP contribution in [0.1, 0.15) is 18.4 Å². The maximum Gasteiger partial charge on any atom is 0.176 e. The Morgan fingerprint density at radius 3 is 2.41 bits per heavy atom. The molecule has 1 fully saturated rings. The van der Waals surface area contributed by atoms with Gasteiger partial charge in [-0.1, -0.05) is 0 Å². The third-order valence-electron chi connectivity index (χ3n) is 3.58. The molecule has 0 saturated heterocycles. The molecular formula is C13H11NO3. The molecule has 0 bridgehead atoms. The molecule has 3 N–H and O–H groups in total. The summed E-state index contributed by atoms with van der Waals surface area (Å²) in [6, 6.07) is 3.57. The molecule has 4 rings (SSSR count). The summed E-state index contributed by atoms with van der Waals surface area (Å²) in [5.41, 5.74) is 8.08. The van der Waals surface area contributed by atoms with Gasteiger partial charge >= 0.3 is 0 Å². The van der Waals surface area contributed by atoms with Crippen molar-refractivity contribution in [1.29, 1.82) is 0 Å². The van der Waals surface area contributed by atoms with Gasteiger partial charge in [0.15, 0.2) is 11.3 Å². The van der Waals surface area contributed by atoms with Crippen molar-refractivity contribution in [2.75, 3.05) is 0 Å². The van der Waals surface area contributed by atoms with E-state index in [2.05, 4.69) is 0 Å². The molecule has 1 aliphatic rings. The summed E-state index contributed by atoms with van der Waals surface area (Å²) in [7, 11) is 0. The summed E-state index contributed by atoms with van der Waals surface area (Å²) in [5.74, 6) is 0.127. The smallest absolute Gasteiger partial charge is 0.176 e. The lowest BCUT2D eigenvalue weighted by Crippen LogP contribution is -2.19. The van der Waals surface area contributed by atoms with E-state index in [1.54, 1.807) is 18.6 Å². The van der Waals surface area contributed by atoms with Crippen molar-refractivity contribution in [3.05, 3.63) is 30.2 Å². The Labute approximate surface area is 96.6 Å². The minimum atomic E-state index is -0.327. The van der Waals surface area contributed by atoms with Crippen LogP contribution in [-0.2, 0) is 5.54 Å². The number of phenols is 1. The zero-order valence-electron chi connectivity index (χ0n) is 9.06. The van der Waals surface area contributed by atoms with Crippen molar-refractivity contribution in [3.63, 3.8) is 0 Å². The van der Waals surface area contributed by atoms with Gasteiger partial charge in [-0.2, -0.15) is 0 Å². The lowest BCUT2D eigenvalue weighted by atomic mass is 9.98. The van der Waals surface area contributed by atoms with Crippen LogP contribution in [0.15, 0.2) is 33.5 Å². The second-order valence-electron chi connectivity index (χ2n) is 4.71. The summed E-state index contributed by atoms with van der Waals surface area (Å²) in [6.07, 6.45) is 5.01. The first kappa shape index (κ1) is 9.13. The Balaban J connectivity index is 2.29. The quantitative estimate of drug-likeness (QED) is 0.673. The first-order valence-corrected chi connectivity index (χ1v) is 5.59. The van der Waals surface area contributed by atoms with Gasteiger partial charge in [-0.3, -0.25) is 0 Å². The van der Waals surface area contributed by atoms with Gasteiger partial charge in [0, 0.05) is 16.5 Å². The minimum Gasteiger partial charge on any atom is -0.504 e. The molecular weight excluding hydrogens is 218 g/mol. The molecule has 86 valence electrons. The van der Waals surface area contributed by atoms with Crippen LogP contribution in [0.25, 0.3) is 21.9 Å². The number of hydrogen-bond donors (Lipinski definition) is 2. The molecule has 0 atom stereocenters. The van der Waals surface area contributed by atoms with E-state index in [0.29, 0.717) is 16.6 Å². The second kappa shape index (κ2) is 2.65. The molecule has 1 saturated carbocycles. The predicted molar refractivity (Wildman–Crippen MR) is 62.8 cm³/mol. The van der Waals surface area contributed by atoms with E-state index in [1.807, 2.05) is 6.07 Å². The van der Waals surface area contributed by atoms with Crippen LogP contribution in [0.2, 0.25) is 0 Å². The first-order valence-electron chi connectivity index (χ1n) is 5.59. The summed E-state index contributed by atoms with van der Waals surface area (Å²) >= 11 is 0. The van der Waals surface area contributed by atoms with E-state index < -0.39 is 0 Å². The van der Waals surface area contributed by atoms with Crippen LogP contribution in [-0.4, -0.2) is 5.11 Å². The number of fused-ring (bicyclic) bond motifs is 2. The molecule has 2 aromatic heterocycles. The van der Waals surface area contributed by atoms with E-state index in [9.17, 15) is 5.11 Å². The molecule has 1 aliphatic carbocycles.